The number of hydrogen-bond donors (Lipinski definition) is 1. The number of benzene rings is 1. The monoisotopic (exact) mass is 302 g/mol. The Labute approximate surface area is 131 Å². The Morgan fingerprint density at radius 3 is 2.71 bits per heavy atom. The molecule has 3 heteroatoms. The molecule has 1 atom stereocenters. The Kier molecular flexibility index (Phi) is 4.94. The van der Waals surface area contributed by atoms with Crippen LogP contribution in [-0.2, 0) is 0 Å². The van der Waals surface area contributed by atoms with Gasteiger partial charge in [0.15, 0.2) is 0 Å². The molecule has 21 heavy (non-hydrogen) atoms. The van der Waals surface area contributed by atoms with Crippen LogP contribution < -0.4 is 5.73 Å². The minimum absolute atomic E-state index is 0.370. The van der Waals surface area contributed by atoms with E-state index in [4.69, 9.17) is 5.73 Å². The first-order chi connectivity index (χ1) is 10.3. The molecule has 1 fully saturated rings. The number of rotatable bonds is 5. The molecule has 2 nitrogen and oxygen atoms in total. The van der Waals surface area contributed by atoms with Crippen LogP contribution in [0.1, 0.15) is 50.6 Å². The summed E-state index contributed by atoms with van der Waals surface area (Å²) in [5, 5.41) is 3.72. The van der Waals surface area contributed by atoms with Crippen LogP contribution in [-0.4, -0.2) is 24.0 Å². The molecule has 1 aromatic heterocycles. The lowest BCUT2D eigenvalue weighted by atomic mass is 9.92. The van der Waals surface area contributed by atoms with Crippen LogP contribution in [0.5, 0.6) is 0 Å². The van der Waals surface area contributed by atoms with Crippen molar-refractivity contribution in [3.8, 4) is 0 Å². The van der Waals surface area contributed by atoms with Crippen molar-refractivity contribution in [2.45, 2.75) is 51.1 Å². The highest BCUT2D eigenvalue weighted by Crippen LogP contribution is 2.35. The quantitative estimate of drug-likeness (QED) is 0.877. The van der Waals surface area contributed by atoms with E-state index in [2.05, 4.69) is 41.5 Å². The summed E-state index contributed by atoms with van der Waals surface area (Å²) < 4.78 is 1.38. The molecule has 0 radical (unpaired) electrons. The highest BCUT2D eigenvalue weighted by Gasteiger charge is 2.28. The van der Waals surface area contributed by atoms with Crippen molar-refractivity contribution in [3.05, 3.63) is 35.2 Å². The normalized spacial score (nSPS) is 18.4. The molecule has 0 amide bonds. The minimum Gasteiger partial charge on any atom is -0.329 e. The van der Waals surface area contributed by atoms with Crippen molar-refractivity contribution in [2.24, 2.45) is 5.73 Å². The number of nitrogens with zero attached hydrogens (tertiary/aromatic N) is 1. The molecule has 0 saturated heterocycles. The van der Waals surface area contributed by atoms with Crippen LogP contribution in [0.4, 0.5) is 0 Å². The van der Waals surface area contributed by atoms with Gasteiger partial charge in [-0.1, -0.05) is 44.4 Å². The fraction of sp³-hybridized carbons (Fsp3) is 0.556. The van der Waals surface area contributed by atoms with Gasteiger partial charge in [-0.05, 0) is 41.8 Å². The molecule has 1 unspecified atom stereocenters. The molecule has 2 aromatic rings. The van der Waals surface area contributed by atoms with E-state index in [-0.39, 0.29) is 0 Å². The Balaban J connectivity index is 1.92. The summed E-state index contributed by atoms with van der Waals surface area (Å²) in [6.45, 7) is 4.09. The van der Waals surface area contributed by atoms with Crippen LogP contribution >= 0.6 is 11.3 Å². The van der Waals surface area contributed by atoms with Gasteiger partial charge in [0.1, 0.15) is 0 Å². The Morgan fingerprint density at radius 2 is 2.00 bits per heavy atom. The largest absolute Gasteiger partial charge is 0.329 e. The third-order valence-corrected chi connectivity index (χ3v) is 5.88. The molecule has 2 N–H and O–H groups in total. The fourth-order valence-corrected chi connectivity index (χ4v) is 4.85. The molecule has 114 valence electrons. The van der Waals surface area contributed by atoms with Gasteiger partial charge in [-0.3, -0.25) is 4.90 Å². The van der Waals surface area contributed by atoms with E-state index in [9.17, 15) is 0 Å². The van der Waals surface area contributed by atoms with Gasteiger partial charge < -0.3 is 5.73 Å². The van der Waals surface area contributed by atoms with E-state index in [0.29, 0.717) is 12.6 Å². The summed E-state index contributed by atoms with van der Waals surface area (Å²) in [4.78, 5) is 2.66. The number of nitrogens with two attached hydrogens (primary N) is 1. The molecule has 3 rings (SSSR count). The van der Waals surface area contributed by atoms with E-state index in [1.54, 1.807) is 0 Å². The summed E-state index contributed by atoms with van der Waals surface area (Å²) >= 11 is 1.85. The van der Waals surface area contributed by atoms with Gasteiger partial charge in [-0.25, -0.2) is 0 Å². The van der Waals surface area contributed by atoms with Crippen molar-refractivity contribution in [1.82, 2.24) is 4.90 Å². The lowest BCUT2D eigenvalue weighted by molar-refractivity contribution is 0.114. The SMILES string of the molecule is CCN(C1CCCCC1)C(CN)c1csc2ccccc12. The van der Waals surface area contributed by atoms with Crippen LogP contribution in [0.2, 0.25) is 0 Å². The summed E-state index contributed by atoms with van der Waals surface area (Å²) in [7, 11) is 0. The van der Waals surface area contributed by atoms with E-state index in [1.165, 1.54) is 47.8 Å². The molecular formula is C18H26N2S. The molecule has 1 saturated carbocycles. The predicted molar refractivity (Wildman–Crippen MR) is 92.9 cm³/mol. The van der Waals surface area contributed by atoms with Gasteiger partial charge in [0, 0.05) is 23.3 Å². The predicted octanol–water partition coefficient (Wildman–Crippen LogP) is 4.56. The average Bonchev–Trinajstić information content (AvgIpc) is 2.97. The van der Waals surface area contributed by atoms with Crippen LogP contribution in [0.15, 0.2) is 29.6 Å². The third kappa shape index (κ3) is 3.01. The smallest absolute Gasteiger partial charge is 0.0487 e. The number of likely N-dealkylation sites (N-methyl/N-ethyl adjacent to an activating group) is 1. The molecule has 0 spiro atoms. The van der Waals surface area contributed by atoms with Gasteiger partial charge in [-0.15, -0.1) is 11.3 Å². The van der Waals surface area contributed by atoms with Crippen molar-refractivity contribution in [2.75, 3.05) is 13.1 Å². The van der Waals surface area contributed by atoms with Gasteiger partial charge in [0.25, 0.3) is 0 Å². The highest BCUT2D eigenvalue weighted by atomic mass is 32.1. The Morgan fingerprint density at radius 1 is 1.24 bits per heavy atom. The van der Waals surface area contributed by atoms with E-state index < -0.39 is 0 Å². The zero-order valence-corrected chi connectivity index (χ0v) is 13.7. The molecule has 1 aliphatic rings. The first-order valence-corrected chi connectivity index (χ1v) is 9.15. The Hall–Kier alpha value is -0.900. The molecule has 1 aromatic carbocycles. The van der Waals surface area contributed by atoms with Crippen LogP contribution in [0.3, 0.4) is 0 Å². The second-order valence-corrected chi connectivity index (χ2v) is 6.97. The fourth-order valence-electron chi connectivity index (χ4n) is 3.84. The minimum atomic E-state index is 0.370. The maximum absolute atomic E-state index is 6.20. The average molecular weight is 302 g/mol. The molecule has 1 heterocycles. The molecule has 1 aliphatic carbocycles. The van der Waals surface area contributed by atoms with Gasteiger partial charge in [-0.2, -0.15) is 0 Å². The van der Waals surface area contributed by atoms with Crippen molar-refractivity contribution in [3.63, 3.8) is 0 Å². The summed E-state index contributed by atoms with van der Waals surface area (Å²) in [6, 6.07) is 9.82. The number of thiophene rings is 1. The van der Waals surface area contributed by atoms with E-state index >= 15 is 0 Å². The molecule has 0 aliphatic heterocycles. The third-order valence-electron chi connectivity index (χ3n) is 4.90. The lowest BCUT2D eigenvalue weighted by Gasteiger charge is -2.39. The van der Waals surface area contributed by atoms with Crippen LogP contribution in [0.25, 0.3) is 10.1 Å². The topological polar surface area (TPSA) is 29.3 Å². The molecule has 0 bridgehead atoms. The van der Waals surface area contributed by atoms with Crippen LogP contribution in [0, 0.1) is 0 Å². The van der Waals surface area contributed by atoms with Gasteiger partial charge in [0.05, 0.1) is 0 Å². The zero-order chi connectivity index (χ0) is 14.7. The molecular weight excluding hydrogens is 276 g/mol. The second kappa shape index (κ2) is 6.91. The van der Waals surface area contributed by atoms with Crippen molar-refractivity contribution in [1.29, 1.82) is 0 Å². The van der Waals surface area contributed by atoms with E-state index in [1.807, 2.05) is 11.3 Å². The maximum Gasteiger partial charge on any atom is 0.0487 e. The van der Waals surface area contributed by atoms with E-state index in [0.717, 1.165) is 12.6 Å². The maximum atomic E-state index is 6.20. The number of hydrogen-bond acceptors (Lipinski definition) is 3. The summed E-state index contributed by atoms with van der Waals surface area (Å²) in [5.41, 5.74) is 7.64. The first-order valence-electron chi connectivity index (χ1n) is 8.27. The highest BCUT2D eigenvalue weighted by molar-refractivity contribution is 7.17. The van der Waals surface area contributed by atoms with Gasteiger partial charge >= 0.3 is 0 Å². The van der Waals surface area contributed by atoms with Gasteiger partial charge in [0.2, 0.25) is 0 Å². The Bertz CT molecular complexity index is 571. The summed E-state index contributed by atoms with van der Waals surface area (Å²) in [6.07, 6.45) is 6.84. The standard InChI is InChI=1S/C18H26N2S/c1-2-20(14-8-4-3-5-9-14)17(12-19)16-13-21-18-11-7-6-10-15(16)18/h6-7,10-11,13-14,17H,2-5,8-9,12,19H2,1H3. The van der Waals surface area contributed by atoms with Crippen molar-refractivity contribution < 1.29 is 0 Å². The number of fused-ring (bicyclic) bond motifs is 1. The zero-order valence-electron chi connectivity index (χ0n) is 12.9. The lowest BCUT2D eigenvalue weighted by Crippen LogP contribution is -2.42. The van der Waals surface area contributed by atoms with Crippen molar-refractivity contribution >= 4 is 21.4 Å². The first kappa shape index (κ1) is 15.0. The second-order valence-electron chi connectivity index (χ2n) is 6.06. The summed E-state index contributed by atoms with van der Waals surface area (Å²) in [5.74, 6) is 0.